The van der Waals surface area contributed by atoms with E-state index in [0.29, 0.717) is 21.8 Å². The van der Waals surface area contributed by atoms with Gasteiger partial charge in [-0.3, -0.25) is 9.59 Å². The number of H-pyrrole nitrogens is 1. The number of benzene rings is 1. The number of aromatic nitrogens is 1. The first kappa shape index (κ1) is 18.4. The van der Waals surface area contributed by atoms with Crippen molar-refractivity contribution in [1.82, 2.24) is 10.3 Å². The number of aryl methyl sites for hydroxylation is 1. The molecule has 0 radical (unpaired) electrons. The van der Waals surface area contributed by atoms with E-state index in [1.807, 2.05) is 13.8 Å². The third kappa shape index (κ3) is 4.10. The van der Waals surface area contributed by atoms with Crippen molar-refractivity contribution < 1.29 is 4.79 Å². The number of carbonyl (C=O) groups is 1. The van der Waals surface area contributed by atoms with E-state index in [1.54, 1.807) is 19.1 Å². The van der Waals surface area contributed by atoms with Crippen molar-refractivity contribution in [3.63, 3.8) is 0 Å². The molecule has 0 fully saturated rings. The minimum absolute atomic E-state index is 0.111. The van der Waals surface area contributed by atoms with E-state index in [2.05, 4.69) is 15.6 Å². The molecule has 128 valence electrons. The van der Waals surface area contributed by atoms with Crippen molar-refractivity contribution in [1.29, 1.82) is 0 Å². The summed E-state index contributed by atoms with van der Waals surface area (Å²) in [7, 11) is 0. The Bertz CT molecular complexity index is 831. The predicted molar refractivity (Wildman–Crippen MR) is 98.3 cm³/mol. The smallest absolute Gasteiger partial charge is 0.251 e. The number of aromatic amines is 1. The molecule has 0 saturated heterocycles. The van der Waals surface area contributed by atoms with Crippen molar-refractivity contribution >= 4 is 34.8 Å². The Morgan fingerprint density at radius 3 is 2.54 bits per heavy atom. The summed E-state index contributed by atoms with van der Waals surface area (Å²) in [6.45, 7) is 6.39. The molecule has 3 N–H and O–H groups in total. The van der Waals surface area contributed by atoms with E-state index >= 15 is 0 Å². The lowest BCUT2D eigenvalue weighted by Gasteiger charge is -2.14. The Kier molecular flexibility index (Phi) is 5.91. The molecule has 1 heterocycles. The van der Waals surface area contributed by atoms with Crippen LogP contribution in [0.15, 0.2) is 23.0 Å². The van der Waals surface area contributed by atoms with E-state index in [-0.39, 0.29) is 23.0 Å². The van der Waals surface area contributed by atoms with Gasteiger partial charge in [-0.1, -0.05) is 23.2 Å². The molecule has 0 bridgehead atoms. The molecular formula is C17H19Cl2N3O2. The second kappa shape index (κ2) is 7.73. The summed E-state index contributed by atoms with van der Waals surface area (Å²) in [5.74, 6) is -0.289. The molecule has 2 aromatic rings. The number of amides is 1. The molecule has 0 atom stereocenters. The summed E-state index contributed by atoms with van der Waals surface area (Å²) in [6.07, 6.45) is 0. The molecule has 0 unspecified atom stereocenters. The lowest BCUT2D eigenvalue weighted by molar-refractivity contribution is 0.0950. The maximum absolute atomic E-state index is 12.5. The van der Waals surface area contributed by atoms with Crippen molar-refractivity contribution in [3.8, 4) is 0 Å². The van der Waals surface area contributed by atoms with Gasteiger partial charge >= 0.3 is 0 Å². The van der Waals surface area contributed by atoms with Gasteiger partial charge in [-0.05, 0) is 38.5 Å². The van der Waals surface area contributed by atoms with Crippen LogP contribution in [0.4, 0.5) is 5.69 Å². The standard InChI is InChI=1S/C17H19Cl2N3O2/c1-4-20-14-6-11(18)5-12(9(14)2)17(24)21-8-13-10(3)22-16(19)7-15(13)23/h5-7,20H,4,8H2,1-3H3,(H,21,24)(H,22,23). The number of rotatable bonds is 5. The predicted octanol–water partition coefficient (Wildman–Crippen LogP) is 3.66. The second-order valence-electron chi connectivity index (χ2n) is 5.42. The van der Waals surface area contributed by atoms with Crippen LogP contribution in [0.25, 0.3) is 0 Å². The van der Waals surface area contributed by atoms with E-state index in [1.165, 1.54) is 6.07 Å². The molecule has 0 aliphatic carbocycles. The van der Waals surface area contributed by atoms with Crippen molar-refractivity contribution in [2.24, 2.45) is 0 Å². The Morgan fingerprint density at radius 2 is 1.92 bits per heavy atom. The van der Waals surface area contributed by atoms with Crippen LogP contribution in [0.1, 0.15) is 34.1 Å². The molecule has 1 amide bonds. The van der Waals surface area contributed by atoms with Gasteiger partial charge in [0.2, 0.25) is 0 Å². The SMILES string of the molecule is CCNc1cc(Cl)cc(C(=O)NCc2c(C)[nH]c(Cl)cc2=O)c1C. The largest absolute Gasteiger partial charge is 0.385 e. The minimum Gasteiger partial charge on any atom is -0.385 e. The van der Waals surface area contributed by atoms with Gasteiger partial charge in [0.1, 0.15) is 5.15 Å². The van der Waals surface area contributed by atoms with E-state index < -0.39 is 0 Å². The van der Waals surface area contributed by atoms with Gasteiger partial charge in [0.25, 0.3) is 5.91 Å². The molecule has 0 aliphatic rings. The number of carbonyl (C=O) groups excluding carboxylic acids is 1. The lowest BCUT2D eigenvalue weighted by Crippen LogP contribution is -2.27. The molecule has 5 nitrogen and oxygen atoms in total. The van der Waals surface area contributed by atoms with Gasteiger partial charge in [0.05, 0.1) is 0 Å². The number of hydrogen-bond donors (Lipinski definition) is 3. The van der Waals surface area contributed by atoms with Gasteiger partial charge in [-0.2, -0.15) is 0 Å². The van der Waals surface area contributed by atoms with E-state index in [0.717, 1.165) is 17.8 Å². The second-order valence-corrected chi connectivity index (χ2v) is 6.27. The number of hydrogen-bond acceptors (Lipinski definition) is 3. The first-order valence-electron chi connectivity index (χ1n) is 7.54. The topological polar surface area (TPSA) is 74.0 Å². The highest BCUT2D eigenvalue weighted by atomic mass is 35.5. The molecule has 24 heavy (non-hydrogen) atoms. The highest BCUT2D eigenvalue weighted by Gasteiger charge is 2.14. The van der Waals surface area contributed by atoms with Crippen LogP contribution in [0.5, 0.6) is 0 Å². The third-order valence-corrected chi connectivity index (χ3v) is 4.15. The van der Waals surface area contributed by atoms with Crippen LogP contribution in [0, 0.1) is 13.8 Å². The summed E-state index contributed by atoms with van der Waals surface area (Å²) >= 11 is 11.9. The average molecular weight is 368 g/mol. The van der Waals surface area contributed by atoms with Crippen LogP contribution < -0.4 is 16.1 Å². The normalized spacial score (nSPS) is 10.5. The van der Waals surface area contributed by atoms with Gasteiger partial charge in [-0.25, -0.2) is 0 Å². The zero-order valence-corrected chi connectivity index (χ0v) is 15.2. The highest BCUT2D eigenvalue weighted by molar-refractivity contribution is 6.31. The quantitative estimate of drug-likeness (QED) is 0.705. The number of anilines is 1. The van der Waals surface area contributed by atoms with E-state index in [9.17, 15) is 9.59 Å². The van der Waals surface area contributed by atoms with E-state index in [4.69, 9.17) is 23.2 Å². The molecule has 7 heteroatoms. The molecule has 1 aromatic carbocycles. The minimum atomic E-state index is -0.289. The Balaban J connectivity index is 2.24. The number of pyridine rings is 1. The first-order valence-corrected chi connectivity index (χ1v) is 8.29. The highest BCUT2D eigenvalue weighted by Crippen LogP contribution is 2.25. The number of halogens is 2. The van der Waals surface area contributed by atoms with Gasteiger partial charge in [0.15, 0.2) is 5.43 Å². The van der Waals surface area contributed by atoms with Crippen molar-refractivity contribution in [2.75, 3.05) is 11.9 Å². The Hall–Kier alpha value is -1.98. The molecule has 2 rings (SSSR count). The fourth-order valence-electron chi connectivity index (χ4n) is 2.45. The fraction of sp³-hybridized carbons (Fsp3) is 0.294. The van der Waals surface area contributed by atoms with Crippen LogP contribution in [-0.2, 0) is 6.54 Å². The molecule has 0 spiro atoms. The molecule has 0 saturated carbocycles. The lowest BCUT2D eigenvalue weighted by atomic mass is 10.1. The third-order valence-electron chi connectivity index (χ3n) is 3.72. The van der Waals surface area contributed by atoms with Crippen LogP contribution >= 0.6 is 23.2 Å². The summed E-state index contributed by atoms with van der Waals surface area (Å²) in [4.78, 5) is 27.4. The average Bonchev–Trinajstić information content (AvgIpc) is 2.49. The molecular weight excluding hydrogens is 349 g/mol. The van der Waals surface area contributed by atoms with Gasteiger partial charge in [0, 0.05) is 46.7 Å². The summed E-state index contributed by atoms with van der Waals surface area (Å²) in [6, 6.07) is 4.70. The zero-order chi connectivity index (χ0) is 17.9. The van der Waals surface area contributed by atoms with Gasteiger partial charge < -0.3 is 15.6 Å². The maximum atomic E-state index is 12.5. The van der Waals surface area contributed by atoms with Crippen LogP contribution in [0.2, 0.25) is 10.2 Å². The summed E-state index contributed by atoms with van der Waals surface area (Å²) in [5.41, 5.74) is 2.98. The Morgan fingerprint density at radius 1 is 1.21 bits per heavy atom. The van der Waals surface area contributed by atoms with Crippen molar-refractivity contribution in [3.05, 3.63) is 61.0 Å². The Labute approximate surface area is 150 Å². The molecule has 0 aliphatic heterocycles. The van der Waals surface area contributed by atoms with Crippen LogP contribution in [0.3, 0.4) is 0 Å². The fourth-order valence-corrected chi connectivity index (χ4v) is 2.91. The first-order chi connectivity index (χ1) is 11.3. The van der Waals surface area contributed by atoms with Crippen molar-refractivity contribution in [2.45, 2.75) is 27.3 Å². The van der Waals surface area contributed by atoms with Crippen LogP contribution in [-0.4, -0.2) is 17.4 Å². The zero-order valence-electron chi connectivity index (χ0n) is 13.7. The summed E-state index contributed by atoms with van der Waals surface area (Å²) in [5, 5.41) is 6.69. The van der Waals surface area contributed by atoms with Gasteiger partial charge in [-0.15, -0.1) is 0 Å². The maximum Gasteiger partial charge on any atom is 0.251 e. The number of nitrogens with one attached hydrogen (secondary N) is 3. The molecule has 1 aromatic heterocycles. The summed E-state index contributed by atoms with van der Waals surface area (Å²) < 4.78 is 0. The monoisotopic (exact) mass is 367 g/mol.